The van der Waals surface area contributed by atoms with Crippen molar-refractivity contribution in [1.29, 1.82) is 0 Å². The highest BCUT2D eigenvalue weighted by molar-refractivity contribution is 7.92. The molecule has 8 heteroatoms. The third kappa shape index (κ3) is 3.61. The van der Waals surface area contributed by atoms with Crippen LogP contribution < -0.4 is 4.72 Å². The molecule has 5 nitrogen and oxygen atoms in total. The second kappa shape index (κ2) is 6.68. The molecule has 0 aliphatic rings. The highest BCUT2D eigenvalue weighted by Crippen LogP contribution is 2.26. The molecule has 0 spiro atoms. The summed E-state index contributed by atoms with van der Waals surface area (Å²) in [5.41, 5.74) is 1.71. The number of nitrogens with zero attached hydrogens (tertiary/aromatic N) is 1. The number of sulfonamides is 1. The highest BCUT2D eigenvalue weighted by Gasteiger charge is 2.19. The first-order valence-electron chi connectivity index (χ1n) is 6.92. The maximum absolute atomic E-state index is 13.0. The lowest BCUT2D eigenvalue weighted by Gasteiger charge is -2.06. The van der Waals surface area contributed by atoms with Crippen LogP contribution in [-0.2, 0) is 16.6 Å². The molecular formula is C16H13FN2O3S2. The first-order valence-corrected chi connectivity index (χ1v) is 9.28. The van der Waals surface area contributed by atoms with E-state index in [-0.39, 0.29) is 17.5 Å². The molecule has 0 saturated heterocycles. The number of nitrogens with one attached hydrogen (secondary N) is 1. The van der Waals surface area contributed by atoms with Gasteiger partial charge in [-0.05, 0) is 42.0 Å². The fourth-order valence-corrected chi connectivity index (χ4v) is 4.15. The number of thiazole rings is 1. The maximum atomic E-state index is 13.0. The number of hydrogen-bond acceptors (Lipinski definition) is 5. The standard InChI is InChI=1S/C16H13FN2O3S2/c17-13-5-3-12(4-6-13)16-18-15(10-23-16)24(21,22)19-14-7-1-11(9-20)2-8-14/h1-8,10,19-20H,9H2. The first kappa shape index (κ1) is 16.6. The number of aliphatic hydroxyl groups excluding tert-OH is 1. The van der Waals surface area contributed by atoms with Crippen molar-refractivity contribution < 1.29 is 17.9 Å². The fourth-order valence-electron chi connectivity index (χ4n) is 1.99. The molecule has 0 amide bonds. The fraction of sp³-hybridized carbons (Fsp3) is 0.0625. The molecule has 0 atom stereocenters. The molecule has 124 valence electrons. The van der Waals surface area contributed by atoms with Gasteiger partial charge in [0, 0.05) is 16.6 Å². The van der Waals surface area contributed by atoms with Gasteiger partial charge in [-0.25, -0.2) is 9.37 Å². The lowest BCUT2D eigenvalue weighted by Crippen LogP contribution is -2.13. The van der Waals surface area contributed by atoms with Gasteiger partial charge in [0.2, 0.25) is 0 Å². The minimum absolute atomic E-state index is 0.0990. The highest BCUT2D eigenvalue weighted by atomic mass is 32.2. The maximum Gasteiger partial charge on any atom is 0.280 e. The van der Waals surface area contributed by atoms with Crippen molar-refractivity contribution in [1.82, 2.24) is 4.98 Å². The zero-order valence-corrected chi connectivity index (χ0v) is 13.9. The van der Waals surface area contributed by atoms with E-state index in [0.717, 1.165) is 0 Å². The van der Waals surface area contributed by atoms with Crippen LogP contribution in [0.15, 0.2) is 58.9 Å². The van der Waals surface area contributed by atoms with Crippen molar-refractivity contribution in [3.8, 4) is 10.6 Å². The van der Waals surface area contributed by atoms with Crippen LogP contribution in [0.25, 0.3) is 10.6 Å². The average molecular weight is 364 g/mol. The number of aromatic nitrogens is 1. The molecule has 0 aliphatic heterocycles. The summed E-state index contributed by atoms with van der Waals surface area (Å²) in [7, 11) is -3.82. The Morgan fingerprint density at radius 3 is 2.38 bits per heavy atom. The SMILES string of the molecule is O=S(=O)(Nc1ccc(CO)cc1)c1csc(-c2ccc(F)cc2)n1. The molecule has 0 bridgehead atoms. The Balaban J connectivity index is 1.83. The van der Waals surface area contributed by atoms with Crippen molar-refractivity contribution in [2.75, 3.05) is 4.72 Å². The predicted octanol–water partition coefficient (Wildman–Crippen LogP) is 3.24. The minimum atomic E-state index is -3.82. The van der Waals surface area contributed by atoms with E-state index in [1.54, 1.807) is 36.4 Å². The van der Waals surface area contributed by atoms with Gasteiger partial charge in [-0.2, -0.15) is 8.42 Å². The predicted molar refractivity (Wildman–Crippen MR) is 90.7 cm³/mol. The summed E-state index contributed by atoms with van der Waals surface area (Å²) >= 11 is 1.17. The van der Waals surface area contributed by atoms with Gasteiger partial charge in [0.15, 0.2) is 5.03 Å². The summed E-state index contributed by atoms with van der Waals surface area (Å²) in [4.78, 5) is 4.12. The van der Waals surface area contributed by atoms with Crippen LogP contribution >= 0.6 is 11.3 Å². The molecule has 0 radical (unpaired) electrons. The quantitative estimate of drug-likeness (QED) is 0.728. The Morgan fingerprint density at radius 1 is 1.08 bits per heavy atom. The van der Waals surface area contributed by atoms with Crippen molar-refractivity contribution in [2.24, 2.45) is 0 Å². The summed E-state index contributed by atoms with van der Waals surface area (Å²) in [6, 6.07) is 12.1. The second-order valence-electron chi connectivity index (χ2n) is 4.96. The Labute approximate surface area is 142 Å². The number of aliphatic hydroxyl groups is 1. The van der Waals surface area contributed by atoms with E-state index in [9.17, 15) is 12.8 Å². The summed E-state index contributed by atoms with van der Waals surface area (Å²) in [6.07, 6.45) is 0. The summed E-state index contributed by atoms with van der Waals surface area (Å²) in [5.74, 6) is -0.365. The molecule has 0 fully saturated rings. The van der Waals surface area contributed by atoms with E-state index in [2.05, 4.69) is 9.71 Å². The van der Waals surface area contributed by atoms with E-state index in [0.29, 0.717) is 21.8 Å². The van der Waals surface area contributed by atoms with Crippen LogP contribution in [-0.4, -0.2) is 18.5 Å². The van der Waals surface area contributed by atoms with E-state index in [4.69, 9.17) is 5.11 Å². The molecule has 1 heterocycles. The van der Waals surface area contributed by atoms with Gasteiger partial charge in [-0.3, -0.25) is 4.72 Å². The van der Waals surface area contributed by atoms with E-state index in [1.807, 2.05) is 0 Å². The van der Waals surface area contributed by atoms with Crippen LogP contribution in [0.1, 0.15) is 5.56 Å². The smallest absolute Gasteiger partial charge is 0.280 e. The first-order chi connectivity index (χ1) is 11.5. The lowest BCUT2D eigenvalue weighted by molar-refractivity contribution is 0.282. The molecular weight excluding hydrogens is 351 g/mol. The Kier molecular flexibility index (Phi) is 4.61. The van der Waals surface area contributed by atoms with Crippen LogP contribution in [0.5, 0.6) is 0 Å². The van der Waals surface area contributed by atoms with Crippen LogP contribution in [0.2, 0.25) is 0 Å². The molecule has 0 aliphatic carbocycles. The average Bonchev–Trinajstić information content (AvgIpc) is 3.07. The van der Waals surface area contributed by atoms with Crippen molar-refractivity contribution >= 4 is 27.0 Å². The molecule has 24 heavy (non-hydrogen) atoms. The zero-order chi connectivity index (χ0) is 17.2. The number of hydrogen-bond donors (Lipinski definition) is 2. The number of rotatable bonds is 5. The Morgan fingerprint density at radius 2 is 1.75 bits per heavy atom. The number of benzene rings is 2. The number of anilines is 1. The van der Waals surface area contributed by atoms with Gasteiger partial charge in [0.25, 0.3) is 10.0 Å². The second-order valence-corrected chi connectivity index (χ2v) is 7.45. The van der Waals surface area contributed by atoms with Crippen molar-refractivity contribution in [2.45, 2.75) is 11.6 Å². The van der Waals surface area contributed by atoms with Gasteiger partial charge in [0.05, 0.1) is 6.61 Å². The van der Waals surface area contributed by atoms with Crippen LogP contribution in [0.4, 0.5) is 10.1 Å². The minimum Gasteiger partial charge on any atom is -0.392 e. The molecule has 1 aromatic heterocycles. The van der Waals surface area contributed by atoms with Crippen molar-refractivity contribution in [3.63, 3.8) is 0 Å². The van der Waals surface area contributed by atoms with Gasteiger partial charge in [-0.1, -0.05) is 12.1 Å². The molecule has 2 N–H and O–H groups in total. The monoisotopic (exact) mass is 364 g/mol. The van der Waals surface area contributed by atoms with Crippen molar-refractivity contribution in [3.05, 3.63) is 65.3 Å². The zero-order valence-electron chi connectivity index (χ0n) is 12.3. The summed E-state index contributed by atoms with van der Waals surface area (Å²) in [6.45, 7) is -0.111. The van der Waals surface area contributed by atoms with Gasteiger partial charge in [0.1, 0.15) is 10.8 Å². The molecule has 2 aromatic carbocycles. The molecule has 3 rings (SSSR count). The van der Waals surface area contributed by atoms with E-state index < -0.39 is 10.0 Å². The Bertz CT molecular complexity index is 936. The third-order valence-electron chi connectivity index (χ3n) is 3.24. The third-order valence-corrected chi connectivity index (χ3v) is 5.54. The van der Waals surface area contributed by atoms with Gasteiger partial charge >= 0.3 is 0 Å². The largest absolute Gasteiger partial charge is 0.392 e. The van der Waals surface area contributed by atoms with Gasteiger partial charge in [-0.15, -0.1) is 11.3 Å². The van der Waals surface area contributed by atoms with Gasteiger partial charge < -0.3 is 5.11 Å². The summed E-state index contributed by atoms with van der Waals surface area (Å²) < 4.78 is 40.1. The normalized spacial score (nSPS) is 11.4. The van der Waals surface area contributed by atoms with Crippen LogP contribution in [0.3, 0.4) is 0 Å². The molecule has 3 aromatic rings. The van der Waals surface area contributed by atoms with Crippen LogP contribution in [0, 0.1) is 5.82 Å². The lowest BCUT2D eigenvalue weighted by atomic mass is 10.2. The molecule has 0 unspecified atom stereocenters. The topological polar surface area (TPSA) is 79.3 Å². The molecule has 0 saturated carbocycles. The van der Waals surface area contributed by atoms with E-state index >= 15 is 0 Å². The summed E-state index contributed by atoms with van der Waals surface area (Å²) in [5, 5.41) is 10.8. The van der Waals surface area contributed by atoms with E-state index in [1.165, 1.54) is 28.8 Å². The number of halogens is 1. The Hall–Kier alpha value is -2.29.